The minimum atomic E-state index is -3.60. The minimum absolute atomic E-state index is 0.103. The molecule has 17 heavy (non-hydrogen) atoms. The average molecular weight is 259 g/mol. The maximum atomic E-state index is 12.0. The molecular weight excluding hydrogens is 242 g/mol. The van der Waals surface area contributed by atoms with Gasteiger partial charge in [-0.3, -0.25) is 0 Å². The van der Waals surface area contributed by atoms with Crippen LogP contribution in [0.4, 0.5) is 0 Å². The van der Waals surface area contributed by atoms with E-state index in [2.05, 4.69) is 4.72 Å². The minimum Gasteiger partial charge on any atom is -0.392 e. The number of rotatable bonds is 6. The van der Waals surface area contributed by atoms with Crippen LogP contribution in [0.2, 0.25) is 0 Å². The van der Waals surface area contributed by atoms with Crippen molar-refractivity contribution in [1.82, 2.24) is 4.72 Å². The molecule has 0 amide bonds. The van der Waals surface area contributed by atoms with Gasteiger partial charge in [0.2, 0.25) is 10.0 Å². The number of benzene rings is 1. The molecule has 0 saturated carbocycles. The summed E-state index contributed by atoms with van der Waals surface area (Å²) in [5.74, 6) is 0. The first-order chi connectivity index (χ1) is 8.01. The van der Waals surface area contributed by atoms with E-state index >= 15 is 0 Å². The maximum absolute atomic E-state index is 12.0. The zero-order valence-corrected chi connectivity index (χ0v) is 10.7. The van der Waals surface area contributed by atoms with Crippen LogP contribution in [0.3, 0.4) is 0 Å². The molecule has 1 rings (SSSR count). The fourth-order valence-corrected chi connectivity index (χ4v) is 2.63. The average Bonchev–Trinajstić information content (AvgIpc) is 2.35. The molecule has 0 aromatic heterocycles. The molecule has 0 aliphatic carbocycles. The van der Waals surface area contributed by atoms with Crippen LogP contribution >= 0.6 is 0 Å². The maximum Gasteiger partial charge on any atom is 0.241 e. The second kappa shape index (κ2) is 6.11. The Balaban J connectivity index is 2.89. The van der Waals surface area contributed by atoms with E-state index in [1.165, 1.54) is 13.2 Å². The molecule has 0 bridgehead atoms. The third-order valence-corrected chi connectivity index (χ3v) is 3.92. The molecule has 5 nitrogen and oxygen atoms in total. The molecule has 1 atom stereocenters. The fraction of sp³-hybridized carbons (Fsp3) is 0.455. The smallest absolute Gasteiger partial charge is 0.241 e. The number of ether oxygens (including phenoxy) is 1. The van der Waals surface area contributed by atoms with Gasteiger partial charge in [-0.05, 0) is 18.6 Å². The van der Waals surface area contributed by atoms with E-state index in [1.807, 2.05) is 0 Å². The van der Waals surface area contributed by atoms with Crippen LogP contribution in [0.15, 0.2) is 29.2 Å². The topological polar surface area (TPSA) is 75.6 Å². The first-order valence-corrected chi connectivity index (χ1v) is 6.70. The van der Waals surface area contributed by atoms with E-state index in [1.54, 1.807) is 25.1 Å². The largest absolute Gasteiger partial charge is 0.392 e. The van der Waals surface area contributed by atoms with Crippen LogP contribution < -0.4 is 4.72 Å². The lowest BCUT2D eigenvalue weighted by atomic mass is 10.2. The first-order valence-electron chi connectivity index (χ1n) is 5.22. The molecule has 6 heteroatoms. The number of sulfonamides is 1. The predicted molar refractivity (Wildman–Crippen MR) is 64.0 cm³/mol. The van der Waals surface area contributed by atoms with E-state index in [0.717, 1.165) is 0 Å². The van der Waals surface area contributed by atoms with E-state index in [0.29, 0.717) is 5.56 Å². The number of methoxy groups -OCH3 is 1. The standard InChI is InChI=1S/C11H17NO4S/c1-9(16-2)7-12-17(14,15)11-6-4-3-5-10(11)8-13/h3-6,9,12-13H,7-8H2,1-2H3. The van der Waals surface area contributed by atoms with Gasteiger partial charge < -0.3 is 9.84 Å². The Morgan fingerprint density at radius 1 is 1.41 bits per heavy atom. The fourth-order valence-electron chi connectivity index (χ4n) is 1.28. The highest BCUT2D eigenvalue weighted by Gasteiger charge is 2.18. The molecule has 1 aromatic rings. The number of hydrogen-bond acceptors (Lipinski definition) is 4. The molecule has 0 radical (unpaired) electrons. The zero-order chi connectivity index (χ0) is 12.9. The van der Waals surface area contributed by atoms with Gasteiger partial charge in [-0.1, -0.05) is 18.2 Å². The van der Waals surface area contributed by atoms with Crippen LogP contribution in [0.25, 0.3) is 0 Å². The summed E-state index contributed by atoms with van der Waals surface area (Å²) in [7, 11) is -2.08. The predicted octanol–water partition coefficient (Wildman–Crippen LogP) is 0.492. The van der Waals surface area contributed by atoms with Crippen molar-refractivity contribution >= 4 is 10.0 Å². The van der Waals surface area contributed by atoms with Gasteiger partial charge in [-0.2, -0.15) is 0 Å². The van der Waals surface area contributed by atoms with Crippen LogP contribution in [-0.4, -0.2) is 33.3 Å². The van der Waals surface area contributed by atoms with Gasteiger partial charge in [0.05, 0.1) is 17.6 Å². The summed E-state index contributed by atoms with van der Waals surface area (Å²) >= 11 is 0. The lowest BCUT2D eigenvalue weighted by Gasteiger charge is -2.13. The van der Waals surface area contributed by atoms with Crippen LogP contribution in [0.5, 0.6) is 0 Å². The summed E-state index contributed by atoms with van der Waals surface area (Å²) in [6.45, 7) is 1.65. The molecule has 0 spiro atoms. The van der Waals surface area contributed by atoms with Crippen molar-refractivity contribution in [3.05, 3.63) is 29.8 Å². The lowest BCUT2D eigenvalue weighted by Crippen LogP contribution is -2.32. The van der Waals surface area contributed by atoms with Gasteiger partial charge in [0.1, 0.15) is 0 Å². The van der Waals surface area contributed by atoms with Gasteiger partial charge in [-0.25, -0.2) is 13.1 Å². The molecule has 0 heterocycles. The highest BCUT2D eigenvalue weighted by Crippen LogP contribution is 2.14. The Labute approximate surface area is 101 Å². The van der Waals surface area contributed by atoms with Gasteiger partial charge in [0.15, 0.2) is 0 Å². The molecule has 1 unspecified atom stereocenters. The van der Waals surface area contributed by atoms with E-state index in [9.17, 15) is 8.42 Å². The third-order valence-electron chi connectivity index (χ3n) is 2.40. The quantitative estimate of drug-likeness (QED) is 0.779. The summed E-state index contributed by atoms with van der Waals surface area (Å²) in [6.07, 6.45) is -0.203. The van der Waals surface area contributed by atoms with Gasteiger partial charge in [0.25, 0.3) is 0 Å². The van der Waals surface area contributed by atoms with E-state index in [4.69, 9.17) is 9.84 Å². The Morgan fingerprint density at radius 3 is 2.65 bits per heavy atom. The number of nitrogens with one attached hydrogen (secondary N) is 1. The highest BCUT2D eigenvalue weighted by atomic mass is 32.2. The Hall–Kier alpha value is -0.950. The number of hydrogen-bond donors (Lipinski definition) is 2. The van der Waals surface area contributed by atoms with Gasteiger partial charge >= 0.3 is 0 Å². The van der Waals surface area contributed by atoms with E-state index in [-0.39, 0.29) is 24.2 Å². The molecule has 1 aromatic carbocycles. The van der Waals surface area contributed by atoms with Crippen molar-refractivity contribution in [2.24, 2.45) is 0 Å². The van der Waals surface area contributed by atoms with Crippen molar-refractivity contribution in [1.29, 1.82) is 0 Å². The van der Waals surface area contributed by atoms with Crippen molar-refractivity contribution in [2.45, 2.75) is 24.5 Å². The van der Waals surface area contributed by atoms with E-state index < -0.39 is 10.0 Å². The van der Waals surface area contributed by atoms with Crippen LogP contribution in [0, 0.1) is 0 Å². The molecule has 96 valence electrons. The molecule has 2 N–H and O–H groups in total. The highest BCUT2D eigenvalue weighted by molar-refractivity contribution is 7.89. The molecule has 0 saturated heterocycles. The Bertz CT molecular complexity index is 458. The summed E-state index contributed by atoms with van der Waals surface area (Å²) < 4.78 is 31.3. The van der Waals surface area contributed by atoms with Crippen LogP contribution in [0.1, 0.15) is 12.5 Å². The normalized spacial score (nSPS) is 13.6. The SMILES string of the molecule is COC(C)CNS(=O)(=O)c1ccccc1CO. The Kier molecular flexibility index (Phi) is 5.07. The van der Waals surface area contributed by atoms with Crippen LogP contribution in [-0.2, 0) is 21.4 Å². The summed E-state index contributed by atoms with van der Waals surface area (Å²) in [4.78, 5) is 0.103. The second-order valence-corrected chi connectivity index (χ2v) is 5.40. The molecule has 0 fully saturated rings. The monoisotopic (exact) mass is 259 g/mol. The lowest BCUT2D eigenvalue weighted by molar-refractivity contribution is 0.122. The summed E-state index contributed by atoms with van der Waals surface area (Å²) in [5, 5.41) is 9.09. The first kappa shape index (κ1) is 14.1. The zero-order valence-electron chi connectivity index (χ0n) is 9.88. The third kappa shape index (κ3) is 3.78. The van der Waals surface area contributed by atoms with Crippen molar-refractivity contribution < 1.29 is 18.3 Å². The second-order valence-electron chi connectivity index (χ2n) is 3.66. The number of aliphatic hydroxyl groups is 1. The van der Waals surface area contributed by atoms with Gasteiger partial charge in [0, 0.05) is 13.7 Å². The summed E-state index contributed by atoms with van der Waals surface area (Å²) in [6, 6.07) is 6.34. The molecule has 0 aliphatic heterocycles. The van der Waals surface area contributed by atoms with Crippen molar-refractivity contribution in [3.63, 3.8) is 0 Å². The molecule has 0 aliphatic rings. The van der Waals surface area contributed by atoms with Gasteiger partial charge in [-0.15, -0.1) is 0 Å². The Morgan fingerprint density at radius 2 is 2.06 bits per heavy atom. The van der Waals surface area contributed by atoms with Crippen molar-refractivity contribution in [3.8, 4) is 0 Å². The number of aliphatic hydroxyl groups excluding tert-OH is 1. The summed E-state index contributed by atoms with van der Waals surface area (Å²) in [5.41, 5.74) is 0.380. The van der Waals surface area contributed by atoms with Crippen molar-refractivity contribution in [2.75, 3.05) is 13.7 Å². The molecular formula is C11H17NO4S.